The van der Waals surface area contributed by atoms with Crippen molar-refractivity contribution in [1.29, 1.82) is 0 Å². The molecule has 3 rings (SSSR count). The number of imide groups is 1. The molecule has 0 bridgehead atoms. The molecule has 2 heterocycles. The molecular weight excluding hydrogens is 196 g/mol. The van der Waals surface area contributed by atoms with E-state index < -0.39 is 0 Å². The van der Waals surface area contributed by atoms with Crippen molar-refractivity contribution >= 4 is 11.9 Å². The number of nitrogens with one attached hydrogen (secondary N) is 1. The van der Waals surface area contributed by atoms with Gasteiger partial charge in [0.25, 0.3) is 0 Å². The molecule has 5 nitrogen and oxygen atoms in total. The molecule has 1 N–H and O–H groups in total. The minimum Gasteiger partial charge on any atom is -0.379 e. The van der Waals surface area contributed by atoms with Gasteiger partial charge in [-0.1, -0.05) is 0 Å². The van der Waals surface area contributed by atoms with Crippen molar-refractivity contribution in [2.75, 3.05) is 19.8 Å². The number of nitrogens with zero attached hydrogens (tertiary/aromatic N) is 1. The third kappa shape index (κ3) is 1.26. The van der Waals surface area contributed by atoms with Gasteiger partial charge in [-0.15, -0.1) is 0 Å². The second-order valence-electron chi connectivity index (χ2n) is 4.63. The monoisotopic (exact) mass is 210 g/mol. The predicted octanol–water partition coefficient (Wildman–Crippen LogP) is 0.107. The Morgan fingerprint density at radius 1 is 1.40 bits per heavy atom. The highest BCUT2D eigenvalue weighted by Gasteiger charge is 2.57. The summed E-state index contributed by atoms with van der Waals surface area (Å²) in [6.45, 7) is 1.67. The van der Waals surface area contributed by atoms with Crippen LogP contribution in [0.4, 0.5) is 4.79 Å². The molecule has 0 aromatic rings. The zero-order valence-electron chi connectivity index (χ0n) is 8.49. The lowest BCUT2D eigenvalue weighted by atomic mass is 10.0. The van der Waals surface area contributed by atoms with E-state index in [1.54, 1.807) is 0 Å². The van der Waals surface area contributed by atoms with Crippen LogP contribution in [-0.2, 0) is 9.53 Å². The Labute approximate surface area is 87.8 Å². The van der Waals surface area contributed by atoms with Crippen molar-refractivity contribution in [3.8, 4) is 0 Å². The first-order valence-electron chi connectivity index (χ1n) is 5.42. The first-order chi connectivity index (χ1) is 7.23. The molecule has 82 valence electrons. The fraction of sp³-hybridized carbons (Fsp3) is 0.800. The first kappa shape index (κ1) is 9.15. The average Bonchev–Trinajstić information content (AvgIpc) is 2.82. The Morgan fingerprint density at radius 2 is 2.20 bits per heavy atom. The van der Waals surface area contributed by atoms with Crippen molar-refractivity contribution in [1.82, 2.24) is 10.2 Å². The molecule has 1 spiro atoms. The second-order valence-corrected chi connectivity index (χ2v) is 4.63. The number of hydrogen-bond donors (Lipinski definition) is 1. The topological polar surface area (TPSA) is 58.6 Å². The van der Waals surface area contributed by atoms with Gasteiger partial charge in [-0.3, -0.25) is 9.69 Å². The van der Waals surface area contributed by atoms with Crippen LogP contribution < -0.4 is 5.32 Å². The minimum atomic E-state index is -0.253. The quantitative estimate of drug-likeness (QED) is 0.668. The Bertz CT molecular complexity index is 319. The maximum absolute atomic E-state index is 12.1. The van der Waals surface area contributed by atoms with Crippen molar-refractivity contribution in [2.24, 2.45) is 5.41 Å². The van der Waals surface area contributed by atoms with Crippen LogP contribution in [0.15, 0.2) is 0 Å². The van der Waals surface area contributed by atoms with E-state index in [9.17, 15) is 9.59 Å². The molecule has 1 aliphatic carbocycles. The van der Waals surface area contributed by atoms with Gasteiger partial charge in [0.2, 0.25) is 5.91 Å². The molecule has 3 amide bonds. The second kappa shape index (κ2) is 2.95. The third-order valence-electron chi connectivity index (χ3n) is 3.59. The number of amides is 3. The molecule has 3 aliphatic rings. The largest absolute Gasteiger partial charge is 0.379 e. The Morgan fingerprint density at radius 3 is 2.80 bits per heavy atom. The van der Waals surface area contributed by atoms with Gasteiger partial charge in [0, 0.05) is 13.2 Å². The van der Waals surface area contributed by atoms with Gasteiger partial charge in [-0.2, -0.15) is 0 Å². The Balaban J connectivity index is 1.83. The fourth-order valence-electron chi connectivity index (χ4n) is 2.35. The summed E-state index contributed by atoms with van der Waals surface area (Å²) in [6, 6.07) is -0.289. The molecule has 5 heteroatoms. The summed E-state index contributed by atoms with van der Waals surface area (Å²) in [5, 5.41) is 2.80. The molecule has 2 saturated heterocycles. The fourth-order valence-corrected chi connectivity index (χ4v) is 2.35. The zero-order chi connectivity index (χ0) is 10.5. The molecule has 3 fully saturated rings. The highest BCUT2D eigenvalue weighted by atomic mass is 16.5. The molecule has 2 aliphatic heterocycles. The van der Waals surface area contributed by atoms with E-state index >= 15 is 0 Å². The van der Waals surface area contributed by atoms with Gasteiger partial charge < -0.3 is 10.1 Å². The molecule has 0 radical (unpaired) electrons. The van der Waals surface area contributed by atoms with Crippen LogP contribution in [0.1, 0.15) is 19.3 Å². The lowest BCUT2D eigenvalue weighted by molar-refractivity contribution is -0.137. The van der Waals surface area contributed by atoms with E-state index in [-0.39, 0.29) is 23.4 Å². The lowest BCUT2D eigenvalue weighted by Gasteiger charge is -2.34. The van der Waals surface area contributed by atoms with Crippen LogP contribution in [0.5, 0.6) is 0 Å². The molecule has 1 saturated carbocycles. The van der Waals surface area contributed by atoms with E-state index in [0.717, 1.165) is 19.3 Å². The Kier molecular flexibility index (Phi) is 1.80. The Hall–Kier alpha value is -1.10. The van der Waals surface area contributed by atoms with Crippen LogP contribution in [0, 0.1) is 5.41 Å². The van der Waals surface area contributed by atoms with Crippen LogP contribution in [0.25, 0.3) is 0 Å². The molecule has 15 heavy (non-hydrogen) atoms. The van der Waals surface area contributed by atoms with Crippen molar-refractivity contribution in [3.05, 3.63) is 0 Å². The van der Waals surface area contributed by atoms with E-state index in [1.165, 1.54) is 4.90 Å². The summed E-state index contributed by atoms with van der Waals surface area (Å²) >= 11 is 0. The molecule has 1 unspecified atom stereocenters. The molecule has 0 aromatic carbocycles. The summed E-state index contributed by atoms with van der Waals surface area (Å²) in [5.41, 5.74) is -0.253. The van der Waals surface area contributed by atoms with Crippen molar-refractivity contribution in [3.63, 3.8) is 0 Å². The normalized spacial score (nSPS) is 33.3. The number of urea groups is 1. The molecule has 0 aromatic heterocycles. The van der Waals surface area contributed by atoms with Gasteiger partial charge in [-0.25, -0.2) is 4.79 Å². The van der Waals surface area contributed by atoms with Gasteiger partial charge in [-0.05, 0) is 19.3 Å². The summed E-state index contributed by atoms with van der Waals surface area (Å²) in [5.74, 6) is 0.0155. The smallest absolute Gasteiger partial charge is 0.324 e. The SMILES string of the molecule is O=C1NCC2(CC2)C(=O)N1C1CCOC1. The predicted molar refractivity (Wildman–Crippen MR) is 51.1 cm³/mol. The van der Waals surface area contributed by atoms with Crippen LogP contribution in [-0.4, -0.2) is 42.6 Å². The van der Waals surface area contributed by atoms with E-state index in [4.69, 9.17) is 4.74 Å². The standard InChI is InChI=1S/C10H14N2O3/c13-8-10(2-3-10)6-11-9(14)12(8)7-1-4-15-5-7/h7H,1-6H2,(H,11,14). The van der Waals surface area contributed by atoms with E-state index in [0.29, 0.717) is 19.8 Å². The molecule has 1 atom stereocenters. The third-order valence-corrected chi connectivity index (χ3v) is 3.59. The van der Waals surface area contributed by atoms with Gasteiger partial charge in [0.05, 0.1) is 18.1 Å². The van der Waals surface area contributed by atoms with Crippen LogP contribution in [0.2, 0.25) is 0 Å². The lowest BCUT2D eigenvalue weighted by Crippen LogP contribution is -2.59. The average molecular weight is 210 g/mol. The number of rotatable bonds is 1. The van der Waals surface area contributed by atoms with Gasteiger partial charge >= 0.3 is 6.03 Å². The summed E-state index contributed by atoms with van der Waals surface area (Å²) in [7, 11) is 0. The van der Waals surface area contributed by atoms with Crippen LogP contribution >= 0.6 is 0 Å². The number of hydrogen-bond acceptors (Lipinski definition) is 3. The van der Waals surface area contributed by atoms with Crippen LogP contribution in [0.3, 0.4) is 0 Å². The van der Waals surface area contributed by atoms with Gasteiger partial charge in [0.15, 0.2) is 0 Å². The molecular formula is C10H14N2O3. The summed E-state index contributed by atoms with van der Waals surface area (Å²) in [6.07, 6.45) is 2.60. The highest BCUT2D eigenvalue weighted by Crippen LogP contribution is 2.48. The maximum Gasteiger partial charge on any atom is 0.324 e. The van der Waals surface area contributed by atoms with Crippen molar-refractivity contribution < 1.29 is 14.3 Å². The number of carbonyl (C=O) groups excluding carboxylic acids is 2. The number of carbonyl (C=O) groups is 2. The summed E-state index contributed by atoms with van der Waals surface area (Å²) in [4.78, 5) is 25.2. The van der Waals surface area contributed by atoms with Crippen molar-refractivity contribution in [2.45, 2.75) is 25.3 Å². The van der Waals surface area contributed by atoms with Gasteiger partial charge in [0.1, 0.15) is 0 Å². The van der Waals surface area contributed by atoms with E-state index in [2.05, 4.69) is 5.32 Å². The highest BCUT2D eigenvalue weighted by molar-refractivity contribution is 6.01. The number of ether oxygens (including phenoxy) is 1. The van der Waals surface area contributed by atoms with E-state index in [1.807, 2.05) is 0 Å². The first-order valence-corrected chi connectivity index (χ1v) is 5.42. The maximum atomic E-state index is 12.1. The minimum absolute atomic E-state index is 0.0155. The summed E-state index contributed by atoms with van der Waals surface area (Å²) < 4.78 is 5.22. The zero-order valence-corrected chi connectivity index (χ0v) is 8.49.